The van der Waals surface area contributed by atoms with Crippen LogP contribution in [-0.4, -0.2) is 21.4 Å². The number of thiazole rings is 1. The second kappa shape index (κ2) is 8.64. The smallest absolute Gasteiger partial charge is 0.416 e. The fourth-order valence-corrected chi connectivity index (χ4v) is 4.65. The van der Waals surface area contributed by atoms with E-state index in [1.54, 1.807) is 18.2 Å². The maximum atomic E-state index is 13.0. The van der Waals surface area contributed by atoms with Crippen molar-refractivity contribution in [2.75, 3.05) is 7.11 Å². The molecular weight excluding hydrogens is 499 g/mol. The van der Waals surface area contributed by atoms with Gasteiger partial charge in [0.1, 0.15) is 0 Å². The fourth-order valence-electron chi connectivity index (χ4n) is 3.66. The highest BCUT2D eigenvalue weighted by molar-refractivity contribution is 7.15. The van der Waals surface area contributed by atoms with E-state index < -0.39 is 22.4 Å². The third kappa shape index (κ3) is 4.11. The van der Waals surface area contributed by atoms with Crippen LogP contribution < -0.4 is 19.6 Å². The molecule has 2 heterocycles. The Kier molecular flexibility index (Phi) is 5.59. The number of alkyl halides is 3. The lowest BCUT2D eigenvalue weighted by Gasteiger charge is -2.12. The number of benzene rings is 3. The SMILES string of the molecule is COc1cc(/C=c2/sc3nc4ccccc4n3c2=O)ccc1Oc1ccc(C(F)(F)F)cc1[N+](=O)[O-]. The van der Waals surface area contributed by atoms with Gasteiger partial charge in [-0.05, 0) is 48.0 Å². The summed E-state index contributed by atoms with van der Waals surface area (Å²) in [7, 11) is 1.34. The minimum atomic E-state index is -4.74. The van der Waals surface area contributed by atoms with Crippen LogP contribution in [0.15, 0.2) is 65.5 Å². The molecule has 0 N–H and O–H groups in total. The number of hydrogen-bond donors (Lipinski definition) is 0. The van der Waals surface area contributed by atoms with Crippen molar-refractivity contribution < 1.29 is 27.6 Å². The van der Waals surface area contributed by atoms with Gasteiger partial charge in [-0.25, -0.2) is 9.38 Å². The minimum Gasteiger partial charge on any atom is -0.493 e. The van der Waals surface area contributed by atoms with Gasteiger partial charge in [0.25, 0.3) is 5.56 Å². The number of fused-ring (bicyclic) bond motifs is 3. The molecule has 0 atom stereocenters. The number of imidazole rings is 1. The summed E-state index contributed by atoms with van der Waals surface area (Å²) < 4.78 is 51.7. The summed E-state index contributed by atoms with van der Waals surface area (Å²) in [6.07, 6.45) is -3.10. The van der Waals surface area contributed by atoms with Gasteiger partial charge < -0.3 is 9.47 Å². The molecule has 0 bridgehead atoms. The van der Waals surface area contributed by atoms with Crippen molar-refractivity contribution >= 4 is 39.1 Å². The lowest BCUT2D eigenvalue weighted by Crippen LogP contribution is -2.22. The Hall–Kier alpha value is -4.45. The number of nitrogens with zero attached hydrogens (tertiary/aromatic N) is 3. The molecule has 12 heteroatoms. The van der Waals surface area contributed by atoms with E-state index in [9.17, 15) is 28.1 Å². The topological polar surface area (TPSA) is 96.0 Å². The van der Waals surface area contributed by atoms with E-state index in [1.165, 1.54) is 28.9 Å². The van der Waals surface area contributed by atoms with Gasteiger partial charge in [-0.2, -0.15) is 13.2 Å². The number of hydrogen-bond acceptors (Lipinski definition) is 7. The van der Waals surface area contributed by atoms with E-state index in [0.29, 0.717) is 38.2 Å². The molecule has 0 saturated carbocycles. The molecule has 0 radical (unpaired) electrons. The largest absolute Gasteiger partial charge is 0.493 e. The first kappa shape index (κ1) is 23.3. The summed E-state index contributed by atoms with van der Waals surface area (Å²) in [5, 5.41) is 11.4. The molecule has 36 heavy (non-hydrogen) atoms. The van der Waals surface area contributed by atoms with Crippen LogP contribution in [0.25, 0.3) is 22.1 Å². The van der Waals surface area contributed by atoms with Gasteiger partial charge in [0.15, 0.2) is 16.5 Å². The Morgan fingerprint density at radius 2 is 1.81 bits per heavy atom. The summed E-state index contributed by atoms with van der Waals surface area (Å²) in [6.45, 7) is 0. The standard InChI is InChI=1S/C24H14F3N3O5S/c1-34-20-10-13(11-21-22(31)29-16-5-3-2-4-15(16)28-23(29)36-21)6-8-19(20)35-18-9-7-14(24(25,26)27)12-17(18)30(32)33/h2-12H,1H3/b21-11+. The van der Waals surface area contributed by atoms with Crippen molar-refractivity contribution in [2.24, 2.45) is 0 Å². The van der Waals surface area contributed by atoms with E-state index >= 15 is 0 Å². The summed E-state index contributed by atoms with van der Waals surface area (Å²) in [5.41, 5.74) is -0.245. The molecular formula is C24H14F3N3O5S. The zero-order chi connectivity index (χ0) is 25.6. The normalized spacial score (nSPS) is 12.4. The van der Waals surface area contributed by atoms with Crippen molar-refractivity contribution in [3.05, 3.63) is 96.8 Å². The Balaban J connectivity index is 1.52. The number of para-hydroxylation sites is 2. The average molecular weight is 513 g/mol. The van der Waals surface area contributed by atoms with Gasteiger partial charge in [0, 0.05) is 6.07 Å². The van der Waals surface area contributed by atoms with Crippen molar-refractivity contribution in [1.82, 2.24) is 9.38 Å². The van der Waals surface area contributed by atoms with Crippen LogP contribution in [0.2, 0.25) is 0 Å². The second-order valence-corrected chi connectivity index (χ2v) is 8.59. The third-order valence-corrected chi connectivity index (χ3v) is 6.30. The van der Waals surface area contributed by atoms with Gasteiger partial charge in [-0.1, -0.05) is 29.5 Å². The predicted molar refractivity (Wildman–Crippen MR) is 127 cm³/mol. The van der Waals surface area contributed by atoms with Crippen LogP contribution in [0.4, 0.5) is 18.9 Å². The summed E-state index contributed by atoms with van der Waals surface area (Å²) in [5.74, 6) is -0.166. The highest BCUT2D eigenvalue weighted by Crippen LogP contribution is 2.40. The van der Waals surface area contributed by atoms with E-state index in [0.717, 1.165) is 6.07 Å². The summed E-state index contributed by atoms with van der Waals surface area (Å²) in [6, 6.07) is 13.9. The minimum absolute atomic E-state index is 0.0480. The highest BCUT2D eigenvalue weighted by Gasteiger charge is 2.33. The quantitative estimate of drug-likeness (QED) is 0.237. The molecule has 0 aliphatic heterocycles. The lowest BCUT2D eigenvalue weighted by molar-refractivity contribution is -0.385. The molecule has 0 spiro atoms. The Morgan fingerprint density at radius 3 is 2.53 bits per heavy atom. The number of nitro benzene ring substituents is 1. The molecule has 8 nitrogen and oxygen atoms in total. The molecule has 0 unspecified atom stereocenters. The summed E-state index contributed by atoms with van der Waals surface area (Å²) >= 11 is 1.22. The first-order valence-corrected chi connectivity index (χ1v) is 11.1. The molecule has 0 saturated heterocycles. The number of aromatic nitrogens is 2. The second-order valence-electron chi connectivity index (χ2n) is 7.58. The van der Waals surface area contributed by atoms with Crippen LogP contribution in [0, 0.1) is 10.1 Å². The molecule has 0 amide bonds. The van der Waals surface area contributed by atoms with Crippen LogP contribution in [0.5, 0.6) is 17.2 Å². The number of halogens is 3. The van der Waals surface area contributed by atoms with Crippen molar-refractivity contribution in [3.8, 4) is 17.2 Å². The lowest BCUT2D eigenvalue weighted by atomic mass is 10.1. The maximum Gasteiger partial charge on any atom is 0.416 e. The maximum absolute atomic E-state index is 13.0. The van der Waals surface area contributed by atoms with Crippen molar-refractivity contribution in [2.45, 2.75) is 6.18 Å². The number of nitro groups is 1. The molecule has 0 aliphatic rings. The number of ether oxygens (including phenoxy) is 2. The van der Waals surface area contributed by atoms with Crippen LogP contribution in [0.1, 0.15) is 11.1 Å². The van der Waals surface area contributed by atoms with Crippen molar-refractivity contribution in [1.29, 1.82) is 0 Å². The molecule has 3 aromatic carbocycles. The fraction of sp³-hybridized carbons (Fsp3) is 0.0833. The number of rotatable bonds is 5. The molecule has 5 rings (SSSR count). The van der Waals surface area contributed by atoms with E-state index in [2.05, 4.69) is 4.98 Å². The van der Waals surface area contributed by atoms with E-state index in [-0.39, 0.29) is 22.8 Å². The van der Waals surface area contributed by atoms with Gasteiger partial charge in [0.05, 0.1) is 33.2 Å². The van der Waals surface area contributed by atoms with Gasteiger partial charge in [-0.3, -0.25) is 14.9 Å². The molecule has 0 fully saturated rings. The molecule has 0 aliphatic carbocycles. The van der Waals surface area contributed by atoms with Gasteiger partial charge in [0.2, 0.25) is 5.75 Å². The van der Waals surface area contributed by atoms with Gasteiger partial charge in [-0.15, -0.1) is 0 Å². The monoisotopic (exact) mass is 513 g/mol. The average Bonchev–Trinajstić information content (AvgIpc) is 3.35. The molecule has 2 aromatic heterocycles. The Bertz CT molecular complexity index is 1760. The van der Waals surface area contributed by atoms with Gasteiger partial charge >= 0.3 is 11.9 Å². The van der Waals surface area contributed by atoms with E-state index in [1.807, 2.05) is 24.3 Å². The number of methoxy groups -OCH3 is 1. The third-order valence-electron chi connectivity index (χ3n) is 5.33. The molecule has 5 aromatic rings. The van der Waals surface area contributed by atoms with Crippen LogP contribution in [0.3, 0.4) is 0 Å². The molecule has 182 valence electrons. The zero-order valence-electron chi connectivity index (χ0n) is 18.3. The Morgan fingerprint density at radius 1 is 1.06 bits per heavy atom. The summed E-state index contributed by atoms with van der Waals surface area (Å²) in [4.78, 5) is 28.4. The van der Waals surface area contributed by atoms with Crippen LogP contribution >= 0.6 is 11.3 Å². The first-order chi connectivity index (χ1) is 17.2. The highest BCUT2D eigenvalue weighted by atomic mass is 32.1. The zero-order valence-corrected chi connectivity index (χ0v) is 19.1. The van der Waals surface area contributed by atoms with Crippen LogP contribution in [-0.2, 0) is 6.18 Å². The first-order valence-electron chi connectivity index (χ1n) is 10.3. The van der Waals surface area contributed by atoms with E-state index in [4.69, 9.17) is 9.47 Å². The van der Waals surface area contributed by atoms with Crippen molar-refractivity contribution in [3.63, 3.8) is 0 Å². The Labute approximate surface area is 203 Å². The predicted octanol–water partition coefficient (Wildman–Crippen LogP) is 5.18.